The van der Waals surface area contributed by atoms with Crippen LogP contribution in [0.2, 0.25) is 0 Å². The highest BCUT2D eigenvalue weighted by atomic mass is 15.1. The number of rotatable bonds is 2. The van der Waals surface area contributed by atoms with Crippen LogP contribution < -0.4 is 4.90 Å². The van der Waals surface area contributed by atoms with Gasteiger partial charge in [0.15, 0.2) is 0 Å². The van der Waals surface area contributed by atoms with Crippen molar-refractivity contribution in [3.63, 3.8) is 0 Å². The van der Waals surface area contributed by atoms with Gasteiger partial charge in [-0.15, -0.1) is 0 Å². The van der Waals surface area contributed by atoms with E-state index in [1.54, 1.807) is 0 Å². The number of fused-ring (bicyclic) bond motifs is 1. The number of allylic oxidation sites excluding steroid dienone is 1. The van der Waals surface area contributed by atoms with E-state index in [-0.39, 0.29) is 0 Å². The molecule has 0 radical (unpaired) electrons. The molecule has 0 aromatic heterocycles. The van der Waals surface area contributed by atoms with Gasteiger partial charge in [0.25, 0.3) is 0 Å². The zero-order chi connectivity index (χ0) is 12.5. The molecule has 0 bridgehead atoms. The second-order valence-corrected chi connectivity index (χ2v) is 4.94. The Hall–Kier alpha value is -2.02. The molecule has 90 valence electrons. The maximum absolute atomic E-state index is 2.32. The minimum atomic E-state index is 1.05. The minimum absolute atomic E-state index is 1.05. The standard InChI is InChI=1S/C17H17N/c1-18(2)17-12-15(13-7-4-3-5-8-13)11-14-9-6-10-16(14)17/h3-8,10-12H,9H2,1-2H3. The van der Waals surface area contributed by atoms with Gasteiger partial charge in [-0.25, -0.2) is 0 Å². The van der Waals surface area contributed by atoms with Gasteiger partial charge in [-0.3, -0.25) is 0 Å². The fraction of sp³-hybridized carbons (Fsp3) is 0.176. The van der Waals surface area contributed by atoms with E-state index >= 15 is 0 Å². The van der Waals surface area contributed by atoms with Crippen LogP contribution in [-0.2, 0) is 6.42 Å². The first-order chi connectivity index (χ1) is 8.75. The first kappa shape index (κ1) is 11.1. The Morgan fingerprint density at radius 2 is 1.72 bits per heavy atom. The Bertz CT molecular complexity index is 595. The summed E-state index contributed by atoms with van der Waals surface area (Å²) in [6.07, 6.45) is 5.53. The summed E-state index contributed by atoms with van der Waals surface area (Å²) < 4.78 is 0. The molecule has 1 aliphatic carbocycles. The van der Waals surface area contributed by atoms with Gasteiger partial charge in [-0.05, 0) is 29.2 Å². The molecule has 0 saturated heterocycles. The first-order valence-corrected chi connectivity index (χ1v) is 6.32. The molecule has 0 aliphatic heterocycles. The van der Waals surface area contributed by atoms with Crippen molar-refractivity contribution in [2.75, 3.05) is 19.0 Å². The van der Waals surface area contributed by atoms with Crippen molar-refractivity contribution < 1.29 is 0 Å². The van der Waals surface area contributed by atoms with Crippen molar-refractivity contribution in [1.29, 1.82) is 0 Å². The summed E-state index contributed by atoms with van der Waals surface area (Å²) in [4.78, 5) is 2.20. The molecule has 0 spiro atoms. The summed E-state index contributed by atoms with van der Waals surface area (Å²) in [6, 6.07) is 15.2. The van der Waals surface area contributed by atoms with Gasteiger partial charge in [0.2, 0.25) is 0 Å². The number of benzene rings is 2. The molecule has 0 heterocycles. The quantitative estimate of drug-likeness (QED) is 0.760. The molecular formula is C17H17N. The van der Waals surface area contributed by atoms with E-state index < -0.39 is 0 Å². The summed E-state index contributed by atoms with van der Waals surface area (Å²) in [6.45, 7) is 0. The lowest BCUT2D eigenvalue weighted by atomic mass is 9.98. The predicted molar refractivity (Wildman–Crippen MR) is 78.9 cm³/mol. The average Bonchev–Trinajstić information content (AvgIpc) is 2.86. The summed E-state index contributed by atoms with van der Waals surface area (Å²) in [5.74, 6) is 0. The van der Waals surface area contributed by atoms with Gasteiger partial charge in [0, 0.05) is 25.3 Å². The van der Waals surface area contributed by atoms with Crippen molar-refractivity contribution in [2.24, 2.45) is 0 Å². The van der Waals surface area contributed by atoms with Crippen LogP contribution in [0, 0.1) is 0 Å². The largest absolute Gasteiger partial charge is 0.377 e. The van der Waals surface area contributed by atoms with E-state index in [1.807, 2.05) is 0 Å². The summed E-state index contributed by atoms with van der Waals surface area (Å²) in [5.41, 5.74) is 6.71. The maximum atomic E-state index is 2.32. The highest BCUT2D eigenvalue weighted by Gasteiger charge is 2.13. The Morgan fingerprint density at radius 3 is 2.44 bits per heavy atom. The first-order valence-electron chi connectivity index (χ1n) is 6.32. The van der Waals surface area contributed by atoms with Gasteiger partial charge in [0.05, 0.1) is 0 Å². The van der Waals surface area contributed by atoms with Crippen molar-refractivity contribution in [2.45, 2.75) is 6.42 Å². The molecule has 1 aliphatic rings. The Kier molecular flexibility index (Phi) is 2.67. The zero-order valence-corrected chi connectivity index (χ0v) is 10.9. The SMILES string of the molecule is CN(C)c1cc(-c2ccccc2)cc2c1C=CC2. The third-order valence-corrected chi connectivity index (χ3v) is 3.46. The lowest BCUT2D eigenvalue weighted by molar-refractivity contribution is 1.12. The molecule has 0 atom stereocenters. The normalized spacial score (nSPS) is 12.6. The molecule has 0 amide bonds. The third kappa shape index (κ3) is 1.82. The van der Waals surface area contributed by atoms with Gasteiger partial charge in [-0.2, -0.15) is 0 Å². The number of hydrogen-bond acceptors (Lipinski definition) is 1. The van der Waals surface area contributed by atoms with Crippen LogP contribution in [0.5, 0.6) is 0 Å². The van der Waals surface area contributed by atoms with Gasteiger partial charge < -0.3 is 4.90 Å². The molecule has 3 rings (SSSR count). The van der Waals surface area contributed by atoms with Crippen molar-refractivity contribution >= 4 is 11.8 Å². The molecule has 0 unspecified atom stereocenters. The highest BCUT2D eigenvalue weighted by molar-refractivity contribution is 5.80. The molecule has 2 aromatic rings. The smallest absolute Gasteiger partial charge is 0.0443 e. The van der Waals surface area contributed by atoms with Crippen LogP contribution in [0.1, 0.15) is 11.1 Å². The zero-order valence-electron chi connectivity index (χ0n) is 10.9. The second-order valence-electron chi connectivity index (χ2n) is 4.94. The van der Waals surface area contributed by atoms with Crippen LogP contribution in [0.3, 0.4) is 0 Å². The van der Waals surface area contributed by atoms with E-state index in [0.29, 0.717) is 0 Å². The van der Waals surface area contributed by atoms with Crippen molar-refractivity contribution in [1.82, 2.24) is 0 Å². The fourth-order valence-electron chi connectivity index (χ4n) is 2.53. The van der Waals surface area contributed by atoms with E-state index in [4.69, 9.17) is 0 Å². The van der Waals surface area contributed by atoms with Gasteiger partial charge >= 0.3 is 0 Å². The van der Waals surface area contributed by atoms with Gasteiger partial charge in [0.1, 0.15) is 0 Å². The summed E-state index contributed by atoms with van der Waals surface area (Å²) >= 11 is 0. The number of hydrogen-bond donors (Lipinski definition) is 0. The number of nitrogens with zero attached hydrogens (tertiary/aromatic N) is 1. The van der Waals surface area contributed by atoms with E-state index in [0.717, 1.165) is 6.42 Å². The summed E-state index contributed by atoms with van der Waals surface area (Å²) in [7, 11) is 4.22. The monoisotopic (exact) mass is 235 g/mol. The second kappa shape index (κ2) is 4.34. The van der Waals surface area contributed by atoms with Crippen LogP contribution in [0.25, 0.3) is 17.2 Å². The predicted octanol–water partition coefficient (Wildman–Crippen LogP) is 3.99. The fourth-order valence-corrected chi connectivity index (χ4v) is 2.53. The van der Waals surface area contributed by atoms with E-state index in [2.05, 4.69) is 73.6 Å². The lowest BCUT2D eigenvalue weighted by Gasteiger charge is -2.18. The van der Waals surface area contributed by atoms with Crippen LogP contribution in [-0.4, -0.2) is 14.1 Å². The van der Waals surface area contributed by atoms with Crippen LogP contribution in [0.15, 0.2) is 48.5 Å². The molecule has 2 aromatic carbocycles. The molecule has 1 heteroatoms. The third-order valence-electron chi connectivity index (χ3n) is 3.46. The Morgan fingerprint density at radius 1 is 0.944 bits per heavy atom. The lowest BCUT2D eigenvalue weighted by Crippen LogP contribution is -2.10. The highest BCUT2D eigenvalue weighted by Crippen LogP contribution is 2.34. The van der Waals surface area contributed by atoms with E-state index in [9.17, 15) is 0 Å². The molecular weight excluding hydrogens is 218 g/mol. The summed E-state index contributed by atoms with van der Waals surface area (Å²) in [5, 5.41) is 0. The molecule has 0 saturated carbocycles. The topological polar surface area (TPSA) is 3.24 Å². The Balaban J connectivity index is 2.17. The maximum Gasteiger partial charge on any atom is 0.0443 e. The van der Waals surface area contributed by atoms with Crippen LogP contribution >= 0.6 is 0 Å². The minimum Gasteiger partial charge on any atom is -0.377 e. The Labute approximate surface area is 108 Å². The molecule has 18 heavy (non-hydrogen) atoms. The molecule has 0 N–H and O–H groups in total. The van der Waals surface area contributed by atoms with Crippen molar-refractivity contribution in [3.05, 3.63) is 59.7 Å². The molecule has 0 fully saturated rings. The van der Waals surface area contributed by atoms with Crippen LogP contribution in [0.4, 0.5) is 5.69 Å². The van der Waals surface area contributed by atoms with Crippen molar-refractivity contribution in [3.8, 4) is 11.1 Å². The van der Waals surface area contributed by atoms with Gasteiger partial charge in [-0.1, -0.05) is 48.6 Å². The average molecular weight is 235 g/mol. The van der Waals surface area contributed by atoms with E-state index in [1.165, 1.54) is 27.9 Å². The molecule has 1 nitrogen and oxygen atoms in total. The number of anilines is 1.